The molecule has 5 nitrogen and oxygen atoms in total. The number of hydrogen-bond acceptors (Lipinski definition) is 4. The van der Waals surface area contributed by atoms with Crippen molar-refractivity contribution in [2.24, 2.45) is 0 Å². The summed E-state index contributed by atoms with van der Waals surface area (Å²) in [6.45, 7) is 1.91. The van der Waals surface area contributed by atoms with Gasteiger partial charge in [0.25, 0.3) is 5.91 Å². The molecule has 5 heteroatoms. The van der Waals surface area contributed by atoms with Gasteiger partial charge in [-0.2, -0.15) is 0 Å². The molecule has 0 aliphatic rings. The fourth-order valence-corrected chi connectivity index (χ4v) is 1.56. The average molecular weight is 266 g/mol. The summed E-state index contributed by atoms with van der Waals surface area (Å²) in [4.78, 5) is 13.9. The summed E-state index contributed by atoms with van der Waals surface area (Å²) in [7, 11) is 3.97. The van der Waals surface area contributed by atoms with Crippen LogP contribution in [0.2, 0.25) is 0 Å². The van der Waals surface area contributed by atoms with Gasteiger partial charge >= 0.3 is 0 Å². The van der Waals surface area contributed by atoms with Crippen molar-refractivity contribution in [3.63, 3.8) is 0 Å². The Bertz CT molecular complexity index is 413. The van der Waals surface area contributed by atoms with E-state index < -0.39 is 12.2 Å². The summed E-state index contributed by atoms with van der Waals surface area (Å²) in [6.07, 6.45) is 0. The SMILES string of the molecule is CN(C)Cc1ccc(C(=O)NCC(C)(O)CO)cc1. The van der Waals surface area contributed by atoms with Crippen LogP contribution in [0.3, 0.4) is 0 Å². The molecule has 0 heterocycles. The molecular formula is C14H22N2O3. The first-order chi connectivity index (χ1) is 8.84. The zero-order chi connectivity index (χ0) is 14.5. The first-order valence-electron chi connectivity index (χ1n) is 6.19. The van der Waals surface area contributed by atoms with Gasteiger partial charge in [-0.15, -0.1) is 0 Å². The van der Waals surface area contributed by atoms with E-state index in [1.165, 1.54) is 6.92 Å². The highest BCUT2D eigenvalue weighted by Crippen LogP contribution is 2.07. The normalized spacial score (nSPS) is 14.2. The average Bonchev–Trinajstić information content (AvgIpc) is 2.36. The molecule has 0 radical (unpaired) electrons. The predicted molar refractivity (Wildman–Crippen MR) is 73.9 cm³/mol. The number of carbonyl (C=O) groups is 1. The predicted octanol–water partition coefficient (Wildman–Crippen LogP) is 0.221. The number of carbonyl (C=O) groups excluding carboxylic acids is 1. The zero-order valence-electron chi connectivity index (χ0n) is 11.7. The Morgan fingerprint density at radius 3 is 2.37 bits per heavy atom. The van der Waals surface area contributed by atoms with Crippen molar-refractivity contribution in [3.8, 4) is 0 Å². The Morgan fingerprint density at radius 2 is 1.89 bits per heavy atom. The summed E-state index contributed by atoms with van der Waals surface area (Å²) in [5, 5.41) is 21.1. The van der Waals surface area contributed by atoms with Crippen LogP contribution in [-0.4, -0.2) is 53.9 Å². The fraction of sp³-hybridized carbons (Fsp3) is 0.500. The van der Waals surface area contributed by atoms with Crippen molar-refractivity contribution < 1.29 is 15.0 Å². The first kappa shape index (κ1) is 15.6. The summed E-state index contributed by atoms with van der Waals surface area (Å²) in [5.74, 6) is -0.259. The van der Waals surface area contributed by atoms with E-state index >= 15 is 0 Å². The maximum absolute atomic E-state index is 11.8. The van der Waals surface area contributed by atoms with Crippen LogP contribution in [0.25, 0.3) is 0 Å². The summed E-state index contributed by atoms with van der Waals surface area (Å²) >= 11 is 0. The van der Waals surface area contributed by atoms with Gasteiger partial charge in [-0.25, -0.2) is 0 Å². The topological polar surface area (TPSA) is 72.8 Å². The molecular weight excluding hydrogens is 244 g/mol. The number of benzene rings is 1. The molecule has 0 aliphatic heterocycles. The molecule has 0 aliphatic carbocycles. The maximum atomic E-state index is 11.8. The third kappa shape index (κ3) is 5.38. The van der Waals surface area contributed by atoms with E-state index in [1.54, 1.807) is 12.1 Å². The van der Waals surface area contributed by atoms with Crippen LogP contribution in [0.15, 0.2) is 24.3 Å². The molecule has 0 fully saturated rings. The highest BCUT2D eigenvalue weighted by molar-refractivity contribution is 5.94. The number of aliphatic hydroxyl groups is 2. The lowest BCUT2D eigenvalue weighted by Crippen LogP contribution is -2.43. The molecule has 1 unspecified atom stereocenters. The molecule has 0 saturated carbocycles. The standard InChI is InChI=1S/C14H22N2O3/c1-14(19,10-17)9-15-13(18)12-6-4-11(5-7-12)8-16(2)3/h4-7,17,19H,8-10H2,1-3H3,(H,15,18). The van der Waals surface area contributed by atoms with Gasteiger partial charge in [0.05, 0.1) is 6.61 Å². The van der Waals surface area contributed by atoms with Crippen molar-refractivity contribution in [2.45, 2.75) is 19.1 Å². The minimum atomic E-state index is -1.29. The van der Waals surface area contributed by atoms with Crippen molar-refractivity contribution in [1.82, 2.24) is 10.2 Å². The molecule has 3 N–H and O–H groups in total. The van der Waals surface area contributed by atoms with E-state index in [1.807, 2.05) is 31.1 Å². The van der Waals surface area contributed by atoms with E-state index in [4.69, 9.17) is 5.11 Å². The van der Waals surface area contributed by atoms with Crippen molar-refractivity contribution in [1.29, 1.82) is 0 Å². The lowest BCUT2D eigenvalue weighted by molar-refractivity contribution is 0.00320. The van der Waals surface area contributed by atoms with Crippen LogP contribution in [0.5, 0.6) is 0 Å². The van der Waals surface area contributed by atoms with E-state index in [-0.39, 0.29) is 12.5 Å². The Balaban J connectivity index is 2.58. The lowest BCUT2D eigenvalue weighted by Gasteiger charge is -2.20. The highest BCUT2D eigenvalue weighted by atomic mass is 16.3. The second-order valence-corrected chi connectivity index (χ2v) is 5.27. The minimum absolute atomic E-state index is 0.0157. The Hall–Kier alpha value is -1.43. The van der Waals surface area contributed by atoms with Crippen LogP contribution in [-0.2, 0) is 6.54 Å². The fourth-order valence-electron chi connectivity index (χ4n) is 1.56. The first-order valence-corrected chi connectivity index (χ1v) is 6.19. The molecule has 0 aromatic heterocycles. The summed E-state index contributed by atoms with van der Waals surface area (Å²) in [6, 6.07) is 7.31. The van der Waals surface area contributed by atoms with Crippen LogP contribution in [0, 0.1) is 0 Å². The molecule has 1 atom stereocenters. The molecule has 19 heavy (non-hydrogen) atoms. The number of nitrogens with one attached hydrogen (secondary N) is 1. The van der Waals surface area contributed by atoms with Gasteiger partial charge in [-0.1, -0.05) is 12.1 Å². The van der Waals surface area contributed by atoms with Gasteiger partial charge in [0.15, 0.2) is 0 Å². The largest absolute Gasteiger partial charge is 0.393 e. The number of amides is 1. The van der Waals surface area contributed by atoms with E-state index in [0.29, 0.717) is 5.56 Å². The minimum Gasteiger partial charge on any atom is -0.393 e. The number of nitrogens with zero attached hydrogens (tertiary/aromatic N) is 1. The second-order valence-electron chi connectivity index (χ2n) is 5.27. The van der Waals surface area contributed by atoms with Gasteiger partial charge < -0.3 is 20.4 Å². The maximum Gasteiger partial charge on any atom is 0.251 e. The Kier molecular flexibility index (Phi) is 5.47. The summed E-state index contributed by atoms with van der Waals surface area (Å²) < 4.78 is 0. The molecule has 1 amide bonds. The Labute approximate surface area is 113 Å². The van der Waals surface area contributed by atoms with Gasteiger partial charge in [0.2, 0.25) is 0 Å². The number of rotatable bonds is 6. The van der Waals surface area contributed by atoms with E-state index in [9.17, 15) is 9.90 Å². The highest BCUT2D eigenvalue weighted by Gasteiger charge is 2.20. The molecule has 106 valence electrons. The van der Waals surface area contributed by atoms with Crippen LogP contribution >= 0.6 is 0 Å². The van der Waals surface area contributed by atoms with E-state index in [0.717, 1.165) is 12.1 Å². The monoisotopic (exact) mass is 266 g/mol. The third-order valence-electron chi connectivity index (χ3n) is 2.69. The van der Waals surface area contributed by atoms with Crippen molar-refractivity contribution in [2.75, 3.05) is 27.2 Å². The van der Waals surface area contributed by atoms with Crippen LogP contribution in [0.4, 0.5) is 0 Å². The molecule has 0 spiro atoms. The molecule has 0 saturated heterocycles. The Morgan fingerprint density at radius 1 is 1.32 bits per heavy atom. The molecule has 1 rings (SSSR count). The summed E-state index contributed by atoms with van der Waals surface area (Å²) in [5.41, 5.74) is 0.376. The molecule has 1 aromatic rings. The van der Waals surface area contributed by atoms with E-state index in [2.05, 4.69) is 5.32 Å². The number of hydrogen-bond donors (Lipinski definition) is 3. The zero-order valence-corrected chi connectivity index (χ0v) is 11.7. The molecule has 0 bridgehead atoms. The molecule has 1 aromatic carbocycles. The van der Waals surface area contributed by atoms with Gasteiger partial charge in [-0.05, 0) is 38.7 Å². The second kappa shape index (κ2) is 6.65. The smallest absolute Gasteiger partial charge is 0.251 e. The van der Waals surface area contributed by atoms with Crippen LogP contribution < -0.4 is 5.32 Å². The van der Waals surface area contributed by atoms with Crippen molar-refractivity contribution >= 4 is 5.91 Å². The van der Waals surface area contributed by atoms with Gasteiger partial charge in [0, 0.05) is 18.7 Å². The lowest BCUT2D eigenvalue weighted by atomic mass is 10.1. The van der Waals surface area contributed by atoms with Gasteiger partial charge in [0.1, 0.15) is 5.60 Å². The quantitative estimate of drug-likeness (QED) is 0.689. The third-order valence-corrected chi connectivity index (χ3v) is 2.69. The van der Waals surface area contributed by atoms with Crippen molar-refractivity contribution in [3.05, 3.63) is 35.4 Å². The van der Waals surface area contributed by atoms with Gasteiger partial charge in [-0.3, -0.25) is 4.79 Å². The number of aliphatic hydroxyl groups excluding tert-OH is 1. The van der Waals surface area contributed by atoms with Crippen LogP contribution in [0.1, 0.15) is 22.8 Å².